The van der Waals surface area contributed by atoms with E-state index in [1.54, 1.807) is 25.8 Å². The number of hydrogen-bond acceptors (Lipinski definition) is 3. The van der Waals surface area contributed by atoms with Crippen molar-refractivity contribution < 1.29 is 9.13 Å². The average Bonchev–Trinajstić information content (AvgIpc) is 2.43. The standard InChI is InChI=1S/C16H18FNOS/c1-10-8-16(14(11(2)18)9-15(10)17)20-13-6-4-12(19-3)5-7-13/h4-9,11H,18H2,1-3H3/t11-/m0/s1. The molecule has 0 heterocycles. The van der Waals surface area contributed by atoms with Crippen LogP contribution in [0.2, 0.25) is 0 Å². The molecule has 0 amide bonds. The Hall–Kier alpha value is -1.52. The lowest BCUT2D eigenvalue weighted by atomic mass is 10.1. The maximum atomic E-state index is 13.7. The second-order valence-corrected chi connectivity index (χ2v) is 5.82. The van der Waals surface area contributed by atoms with Gasteiger partial charge in [0, 0.05) is 15.8 Å². The van der Waals surface area contributed by atoms with Crippen molar-refractivity contribution in [3.05, 3.63) is 53.3 Å². The fourth-order valence-electron chi connectivity index (χ4n) is 1.89. The molecule has 0 aliphatic rings. The van der Waals surface area contributed by atoms with Crippen LogP contribution in [0.3, 0.4) is 0 Å². The molecule has 2 N–H and O–H groups in total. The average molecular weight is 291 g/mol. The van der Waals surface area contributed by atoms with Crippen LogP contribution in [0.4, 0.5) is 4.39 Å². The maximum Gasteiger partial charge on any atom is 0.126 e. The molecule has 2 aromatic carbocycles. The van der Waals surface area contributed by atoms with Gasteiger partial charge in [-0.2, -0.15) is 0 Å². The van der Waals surface area contributed by atoms with Gasteiger partial charge < -0.3 is 10.5 Å². The molecule has 20 heavy (non-hydrogen) atoms. The summed E-state index contributed by atoms with van der Waals surface area (Å²) in [7, 11) is 1.64. The summed E-state index contributed by atoms with van der Waals surface area (Å²) in [5.74, 6) is 0.605. The molecule has 2 aromatic rings. The van der Waals surface area contributed by atoms with Crippen LogP contribution in [-0.2, 0) is 0 Å². The Morgan fingerprint density at radius 2 is 1.85 bits per heavy atom. The quantitative estimate of drug-likeness (QED) is 0.911. The van der Waals surface area contributed by atoms with Gasteiger partial charge in [-0.15, -0.1) is 0 Å². The van der Waals surface area contributed by atoms with Crippen LogP contribution in [0, 0.1) is 12.7 Å². The lowest BCUT2D eigenvalue weighted by Gasteiger charge is -2.14. The summed E-state index contributed by atoms with van der Waals surface area (Å²) in [5, 5.41) is 0. The first-order valence-corrected chi connectivity index (χ1v) is 7.20. The highest BCUT2D eigenvalue weighted by atomic mass is 32.2. The number of benzene rings is 2. The van der Waals surface area contributed by atoms with Crippen molar-refractivity contribution in [3.8, 4) is 5.75 Å². The van der Waals surface area contributed by atoms with Crippen molar-refractivity contribution in [2.75, 3.05) is 7.11 Å². The van der Waals surface area contributed by atoms with Crippen molar-refractivity contribution in [2.45, 2.75) is 29.7 Å². The first-order chi connectivity index (χ1) is 9.51. The third-order valence-electron chi connectivity index (χ3n) is 3.07. The predicted molar refractivity (Wildman–Crippen MR) is 80.9 cm³/mol. The Kier molecular flexibility index (Phi) is 4.68. The summed E-state index contributed by atoms with van der Waals surface area (Å²) < 4.78 is 18.8. The molecule has 1 atom stereocenters. The highest BCUT2D eigenvalue weighted by molar-refractivity contribution is 7.99. The van der Waals surface area contributed by atoms with E-state index in [4.69, 9.17) is 10.5 Å². The van der Waals surface area contributed by atoms with E-state index in [2.05, 4.69) is 0 Å². The van der Waals surface area contributed by atoms with Crippen LogP contribution in [-0.4, -0.2) is 7.11 Å². The summed E-state index contributed by atoms with van der Waals surface area (Å²) in [4.78, 5) is 2.06. The minimum Gasteiger partial charge on any atom is -0.497 e. The first-order valence-electron chi connectivity index (χ1n) is 6.39. The molecule has 0 aromatic heterocycles. The van der Waals surface area contributed by atoms with Crippen molar-refractivity contribution >= 4 is 11.8 Å². The number of aryl methyl sites for hydroxylation is 1. The summed E-state index contributed by atoms with van der Waals surface area (Å²) in [6.45, 7) is 3.63. The SMILES string of the molecule is COc1ccc(Sc2cc(C)c(F)cc2[C@H](C)N)cc1. The molecular weight excluding hydrogens is 273 g/mol. The van der Waals surface area contributed by atoms with Crippen molar-refractivity contribution in [3.63, 3.8) is 0 Å². The molecule has 0 bridgehead atoms. The van der Waals surface area contributed by atoms with Gasteiger partial charge in [-0.3, -0.25) is 0 Å². The van der Waals surface area contributed by atoms with Gasteiger partial charge in [-0.1, -0.05) is 11.8 Å². The minimum absolute atomic E-state index is 0.203. The lowest BCUT2D eigenvalue weighted by Crippen LogP contribution is -2.07. The summed E-state index contributed by atoms with van der Waals surface area (Å²) in [5.41, 5.74) is 7.39. The zero-order valence-corrected chi connectivity index (χ0v) is 12.6. The third kappa shape index (κ3) is 3.32. The Labute approximate surface area is 123 Å². The van der Waals surface area contributed by atoms with E-state index in [1.165, 1.54) is 6.07 Å². The van der Waals surface area contributed by atoms with Gasteiger partial charge in [0.05, 0.1) is 7.11 Å². The van der Waals surface area contributed by atoms with E-state index in [-0.39, 0.29) is 11.9 Å². The smallest absolute Gasteiger partial charge is 0.126 e. The van der Waals surface area contributed by atoms with Crippen molar-refractivity contribution in [2.24, 2.45) is 5.73 Å². The number of hydrogen-bond donors (Lipinski definition) is 1. The summed E-state index contributed by atoms with van der Waals surface area (Å²) in [6, 6.07) is 11.0. The third-order valence-corrected chi connectivity index (χ3v) is 4.15. The first kappa shape index (κ1) is 14.9. The maximum absolute atomic E-state index is 13.7. The lowest BCUT2D eigenvalue weighted by molar-refractivity contribution is 0.414. The highest BCUT2D eigenvalue weighted by Crippen LogP contribution is 2.35. The van der Waals surface area contributed by atoms with Crippen molar-refractivity contribution in [1.82, 2.24) is 0 Å². The van der Waals surface area contributed by atoms with E-state index < -0.39 is 0 Å². The van der Waals surface area contributed by atoms with E-state index in [0.717, 1.165) is 21.1 Å². The van der Waals surface area contributed by atoms with Gasteiger partial charge in [0.15, 0.2) is 0 Å². The van der Waals surface area contributed by atoms with E-state index in [9.17, 15) is 4.39 Å². The summed E-state index contributed by atoms with van der Waals surface area (Å²) in [6.07, 6.45) is 0. The molecule has 0 unspecified atom stereocenters. The molecule has 0 fully saturated rings. The monoisotopic (exact) mass is 291 g/mol. The second-order valence-electron chi connectivity index (χ2n) is 4.71. The normalized spacial score (nSPS) is 12.2. The fourth-order valence-corrected chi connectivity index (χ4v) is 3.01. The van der Waals surface area contributed by atoms with Gasteiger partial charge in [0.1, 0.15) is 11.6 Å². The van der Waals surface area contributed by atoms with Crippen LogP contribution >= 0.6 is 11.8 Å². The summed E-state index contributed by atoms with van der Waals surface area (Å²) >= 11 is 1.58. The van der Waals surface area contributed by atoms with Gasteiger partial charge in [-0.25, -0.2) is 4.39 Å². The Morgan fingerprint density at radius 3 is 2.40 bits per heavy atom. The largest absolute Gasteiger partial charge is 0.497 e. The van der Waals surface area contributed by atoms with Gasteiger partial charge in [0.25, 0.3) is 0 Å². The molecule has 2 rings (SSSR count). The molecule has 2 nitrogen and oxygen atoms in total. The Bertz CT molecular complexity index is 596. The zero-order valence-electron chi connectivity index (χ0n) is 11.8. The molecule has 0 saturated carbocycles. The number of halogens is 1. The van der Waals surface area contributed by atoms with E-state index >= 15 is 0 Å². The number of ether oxygens (including phenoxy) is 1. The van der Waals surface area contributed by atoms with E-state index in [0.29, 0.717) is 5.56 Å². The topological polar surface area (TPSA) is 35.2 Å². The molecule has 0 radical (unpaired) electrons. The fraction of sp³-hybridized carbons (Fsp3) is 0.250. The van der Waals surface area contributed by atoms with Crippen LogP contribution in [0.15, 0.2) is 46.2 Å². The van der Waals surface area contributed by atoms with Gasteiger partial charge in [0.2, 0.25) is 0 Å². The van der Waals surface area contributed by atoms with Crippen LogP contribution in [0.25, 0.3) is 0 Å². The molecular formula is C16H18FNOS. The molecule has 4 heteroatoms. The molecule has 0 aliphatic heterocycles. The Balaban J connectivity index is 2.33. The second kappa shape index (κ2) is 6.29. The van der Waals surface area contributed by atoms with E-state index in [1.807, 2.05) is 37.3 Å². The number of nitrogens with two attached hydrogens (primary N) is 1. The van der Waals surface area contributed by atoms with Gasteiger partial charge in [-0.05, 0) is 61.4 Å². The number of rotatable bonds is 4. The molecule has 0 saturated heterocycles. The van der Waals surface area contributed by atoms with Crippen LogP contribution < -0.4 is 10.5 Å². The molecule has 106 valence electrons. The van der Waals surface area contributed by atoms with Crippen LogP contribution in [0.1, 0.15) is 24.1 Å². The zero-order chi connectivity index (χ0) is 14.7. The minimum atomic E-state index is -0.212. The molecule has 0 aliphatic carbocycles. The van der Waals surface area contributed by atoms with Crippen LogP contribution in [0.5, 0.6) is 5.75 Å². The number of methoxy groups -OCH3 is 1. The van der Waals surface area contributed by atoms with Gasteiger partial charge >= 0.3 is 0 Å². The Morgan fingerprint density at radius 1 is 1.20 bits per heavy atom. The van der Waals surface area contributed by atoms with Crippen molar-refractivity contribution in [1.29, 1.82) is 0 Å². The highest BCUT2D eigenvalue weighted by Gasteiger charge is 2.12. The molecule has 0 spiro atoms. The predicted octanol–water partition coefficient (Wildman–Crippen LogP) is 4.31.